The number of hydrogen-bond acceptors (Lipinski definition) is 3. The molecule has 1 saturated heterocycles. The molecule has 1 heterocycles. The van der Waals surface area contributed by atoms with Gasteiger partial charge < -0.3 is 5.32 Å². The van der Waals surface area contributed by atoms with Crippen LogP contribution in [-0.4, -0.2) is 23.4 Å². The highest BCUT2D eigenvalue weighted by Gasteiger charge is 2.47. The summed E-state index contributed by atoms with van der Waals surface area (Å²) in [5, 5.41) is 3.00. The Hall–Kier alpha value is -1.91. The lowest BCUT2D eigenvalue weighted by Crippen LogP contribution is -2.35. The number of rotatable bonds is 3. The molecular weight excluding hydrogens is 259 g/mol. The number of hydrogen-bond donors (Lipinski definition) is 1. The largest absolute Gasteiger partial charge is 0.367 e. The summed E-state index contributed by atoms with van der Waals surface area (Å²) >= 11 is 0. The van der Waals surface area contributed by atoms with E-state index in [0.717, 1.165) is 25.7 Å². The molecule has 4 nitrogen and oxygen atoms in total. The van der Waals surface area contributed by atoms with Crippen LogP contribution in [0, 0.1) is 17.7 Å². The maximum Gasteiger partial charge on any atom is 0.234 e. The van der Waals surface area contributed by atoms with Crippen molar-refractivity contribution < 1.29 is 14.0 Å². The monoisotopic (exact) mass is 276 g/mol. The molecule has 2 amide bonds. The molecule has 2 atom stereocenters. The number of halogens is 1. The smallest absolute Gasteiger partial charge is 0.234 e. The van der Waals surface area contributed by atoms with E-state index in [0.29, 0.717) is 5.69 Å². The van der Waals surface area contributed by atoms with E-state index < -0.39 is 0 Å². The fourth-order valence-corrected chi connectivity index (χ4v) is 3.12. The second-order valence-electron chi connectivity index (χ2n) is 5.44. The first-order valence-electron chi connectivity index (χ1n) is 7.01. The summed E-state index contributed by atoms with van der Waals surface area (Å²) < 4.78 is 12.8. The molecule has 1 aliphatic carbocycles. The van der Waals surface area contributed by atoms with Gasteiger partial charge in [-0.05, 0) is 37.1 Å². The SMILES string of the molecule is O=C1[C@@H]2CCCC[C@H]2C(=O)N1CNc1ccc(F)cc1. The van der Waals surface area contributed by atoms with Gasteiger partial charge in [-0.3, -0.25) is 14.5 Å². The number of benzene rings is 1. The Balaban J connectivity index is 1.66. The molecule has 1 aromatic rings. The van der Waals surface area contributed by atoms with E-state index >= 15 is 0 Å². The normalized spacial score (nSPS) is 25.8. The Bertz CT molecular complexity index is 505. The topological polar surface area (TPSA) is 49.4 Å². The fourth-order valence-electron chi connectivity index (χ4n) is 3.12. The summed E-state index contributed by atoms with van der Waals surface area (Å²) in [7, 11) is 0. The number of fused-ring (bicyclic) bond motifs is 1. The van der Waals surface area contributed by atoms with Gasteiger partial charge in [-0.2, -0.15) is 0 Å². The average Bonchev–Trinajstić information content (AvgIpc) is 2.71. The van der Waals surface area contributed by atoms with Gasteiger partial charge >= 0.3 is 0 Å². The molecule has 0 radical (unpaired) electrons. The summed E-state index contributed by atoms with van der Waals surface area (Å²) in [4.78, 5) is 25.8. The van der Waals surface area contributed by atoms with Crippen LogP contribution in [0.25, 0.3) is 0 Å². The predicted molar refractivity (Wildman–Crippen MR) is 72.2 cm³/mol. The van der Waals surface area contributed by atoms with E-state index in [-0.39, 0.29) is 36.1 Å². The van der Waals surface area contributed by atoms with Gasteiger partial charge in [0.1, 0.15) is 5.82 Å². The second-order valence-corrected chi connectivity index (χ2v) is 5.44. The van der Waals surface area contributed by atoms with Crippen molar-refractivity contribution in [2.24, 2.45) is 11.8 Å². The molecule has 3 rings (SSSR count). The van der Waals surface area contributed by atoms with Gasteiger partial charge in [0.05, 0.1) is 18.5 Å². The lowest BCUT2D eigenvalue weighted by Gasteiger charge is -2.19. The Labute approximate surface area is 117 Å². The van der Waals surface area contributed by atoms with Gasteiger partial charge in [0.2, 0.25) is 11.8 Å². The van der Waals surface area contributed by atoms with Crippen molar-refractivity contribution in [2.45, 2.75) is 25.7 Å². The van der Waals surface area contributed by atoms with E-state index in [9.17, 15) is 14.0 Å². The number of anilines is 1. The number of imide groups is 1. The molecule has 20 heavy (non-hydrogen) atoms. The van der Waals surface area contributed by atoms with E-state index in [4.69, 9.17) is 0 Å². The highest BCUT2D eigenvalue weighted by Crippen LogP contribution is 2.37. The molecular formula is C15H17FN2O2. The van der Waals surface area contributed by atoms with Crippen molar-refractivity contribution in [1.29, 1.82) is 0 Å². The highest BCUT2D eigenvalue weighted by atomic mass is 19.1. The second kappa shape index (κ2) is 5.23. The number of carbonyl (C=O) groups excluding carboxylic acids is 2. The minimum Gasteiger partial charge on any atom is -0.367 e. The summed E-state index contributed by atoms with van der Waals surface area (Å²) in [5.74, 6) is -0.670. The van der Waals surface area contributed by atoms with Gasteiger partial charge in [-0.25, -0.2) is 4.39 Å². The van der Waals surface area contributed by atoms with Crippen molar-refractivity contribution in [2.75, 3.05) is 12.0 Å². The van der Waals surface area contributed by atoms with E-state index in [1.54, 1.807) is 12.1 Å². The van der Waals surface area contributed by atoms with E-state index in [1.165, 1.54) is 17.0 Å². The molecule has 1 aliphatic heterocycles. The van der Waals surface area contributed by atoms with Crippen LogP contribution in [0.3, 0.4) is 0 Å². The van der Waals surface area contributed by atoms with Gasteiger partial charge in [0.25, 0.3) is 0 Å². The number of nitrogens with zero attached hydrogens (tertiary/aromatic N) is 1. The van der Waals surface area contributed by atoms with Crippen molar-refractivity contribution in [1.82, 2.24) is 4.90 Å². The third kappa shape index (κ3) is 2.28. The lowest BCUT2D eigenvalue weighted by atomic mass is 9.81. The van der Waals surface area contributed by atoms with Crippen molar-refractivity contribution in [3.63, 3.8) is 0 Å². The summed E-state index contributed by atoms with van der Waals surface area (Å²) in [6.07, 6.45) is 3.70. The predicted octanol–water partition coefficient (Wildman–Crippen LogP) is 2.37. The first-order chi connectivity index (χ1) is 9.66. The molecule has 1 aromatic carbocycles. The summed E-state index contributed by atoms with van der Waals surface area (Å²) in [6, 6.07) is 5.87. The van der Waals surface area contributed by atoms with Gasteiger partial charge in [0.15, 0.2) is 0 Å². The van der Waals surface area contributed by atoms with Crippen molar-refractivity contribution >= 4 is 17.5 Å². The highest BCUT2D eigenvalue weighted by molar-refractivity contribution is 6.05. The molecule has 0 bridgehead atoms. The van der Waals surface area contributed by atoms with Gasteiger partial charge in [-0.1, -0.05) is 12.8 Å². The van der Waals surface area contributed by atoms with Crippen LogP contribution >= 0.6 is 0 Å². The molecule has 0 spiro atoms. The van der Waals surface area contributed by atoms with Crippen LogP contribution in [0.1, 0.15) is 25.7 Å². The zero-order valence-electron chi connectivity index (χ0n) is 11.1. The van der Waals surface area contributed by atoms with Crippen LogP contribution in [0.4, 0.5) is 10.1 Å². The maximum atomic E-state index is 12.8. The molecule has 5 heteroatoms. The minimum absolute atomic E-state index is 0.0608. The third-order valence-electron chi connectivity index (χ3n) is 4.22. The van der Waals surface area contributed by atoms with Crippen LogP contribution in [0.5, 0.6) is 0 Å². The lowest BCUT2D eigenvalue weighted by molar-refractivity contribution is -0.139. The number of likely N-dealkylation sites (tertiary alicyclic amines) is 1. The summed E-state index contributed by atoms with van der Waals surface area (Å²) in [5.41, 5.74) is 0.696. The minimum atomic E-state index is -0.310. The first kappa shape index (κ1) is 13.1. The Morgan fingerprint density at radius 2 is 1.60 bits per heavy atom. The van der Waals surface area contributed by atoms with Crippen LogP contribution in [0.15, 0.2) is 24.3 Å². The van der Waals surface area contributed by atoms with Crippen LogP contribution in [0.2, 0.25) is 0 Å². The molecule has 1 saturated carbocycles. The molecule has 2 aliphatic rings. The Morgan fingerprint density at radius 3 is 2.15 bits per heavy atom. The van der Waals surface area contributed by atoms with Gasteiger partial charge in [0, 0.05) is 5.69 Å². The average molecular weight is 276 g/mol. The molecule has 0 aromatic heterocycles. The Kier molecular flexibility index (Phi) is 3.42. The number of nitrogens with one attached hydrogen (secondary N) is 1. The number of amides is 2. The van der Waals surface area contributed by atoms with Crippen LogP contribution < -0.4 is 5.32 Å². The fraction of sp³-hybridized carbons (Fsp3) is 0.467. The third-order valence-corrected chi connectivity index (χ3v) is 4.22. The zero-order valence-corrected chi connectivity index (χ0v) is 11.1. The standard InChI is InChI=1S/C15H17FN2O2/c16-10-5-7-11(8-6-10)17-9-18-14(19)12-3-1-2-4-13(12)15(18)20/h5-8,12-13,17H,1-4,9H2/t12-,13-/m1/s1. The van der Waals surface area contributed by atoms with Crippen molar-refractivity contribution in [3.05, 3.63) is 30.1 Å². The molecule has 0 unspecified atom stereocenters. The summed E-state index contributed by atoms with van der Waals surface area (Å²) in [6.45, 7) is 0.163. The maximum absolute atomic E-state index is 12.8. The quantitative estimate of drug-likeness (QED) is 0.862. The number of carbonyl (C=O) groups is 2. The zero-order chi connectivity index (χ0) is 14.1. The van der Waals surface area contributed by atoms with Gasteiger partial charge in [-0.15, -0.1) is 0 Å². The molecule has 1 N–H and O–H groups in total. The van der Waals surface area contributed by atoms with Crippen molar-refractivity contribution in [3.8, 4) is 0 Å². The van der Waals surface area contributed by atoms with E-state index in [2.05, 4.69) is 5.32 Å². The van der Waals surface area contributed by atoms with E-state index in [1.807, 2.05) is 0 Å². The Morgan fingerprint density at radius 1 is 1.05 bits per heavy atom. The molecule has 106 valence electrons. The first-order valence-corrected chi connectivity index (χ1v) is 7.01. The molecule has 2 fully saturated rings. The van der Waals surface area contributed by atoms with Crippen LogP contribution in [-0.2, 0) is 9.59 Å².